The Morgan fingerprint density at radius 1 is 1.13 bits per heavy atom. The first-order valence-electron chi connectivity index (χ1n) is 11.0. The van der Waals surface area contributed by atoms with Crippen LogP contribution in [0.15, 0.2) is 41.4 Å². The van der Waals surface area contributed by atoms with Crippen molar-refractivity contribution in [2.24, 2.45) is 12.0 Å². The fraction of sp³-hybridized carbons (Fsp3) is 0.522. The average Bonchev–Trinajstić information content (AvgIpc) is 3.10. The maximum atomic E-state index is 4.87. The minimum absolute atomic E-state index is 0. The zero-order valence-electron chi connectivity index (χ0n) is 19.0. The van der Waals surface area contributed by atoms with Gasteiger partial charge < -0.3 is 14.8 Å². The van der Waals surface area contributed by atoms with Crippen molar-refractivity contribution in [2.45, 2.75) is 33.2 Å². The second kappa shape index (κ2) is 13.5. The number of hydrogen-bond acceptors (Lipinski definition) is 4. The van der Waals surface area contributed by atoms with Gasteiger partial charge in [0.1, 0.15) is 12.4 Å². The third kappa shape index (κ3) is 7.92. The van der Waals surface area contributed by atoms with Gasteiger partial charge in [-0.1, -0.05) is 55.8 Å². The number of hydrogen-bond donors (Lipinski definition) is 1. The van der Waals surface area contributed by atoms with Crippen LogP contribution in [0.2, 0.25) is 0 Å². The lowest BCUT2D eigenvalue weighted by molar-refractivity contribution is 0.194. The van der Waals surface area contributed by atoms with Crippen LogP contribution >= 0.6 is 24.0 Å². The SMILES string of the molecule is CCCCNC(=NCc1nnc(C)n1C)N1CCN(C/C=C/c2ccccc2)CC1.I. The van der Waals surface area contributed by atoms with Gasteiger partial charge in [0.2, 0.25) is 0 Å². The van der Waals surface area contributed by atoms with Crippen LogP contribution in [-0.2, 0) is 13.6 Å². The van der Waals surface area contributed by atoms with Gasteiger partial charge in [0.15, 0.2) is 11.8 Å². The summed E-state index contributed by atoms with van der Waals surface area (Å²) in [6.07, 6.45) is 6.78. The molecule has 1 aromatic heterocycles. The molecule has 0 bridgehead atoms. The Morgan fingerprint density at radius 2 is 1.87 bits per heavy atom. The smallest absolute Gasteiger partial charge is 0.194 e. The van der Waals surface area contributed by atoms with E-state index < -0.39 is 0 Å². The molecular weight excluding hydrogens is 501 g/mol. The van der Waals surface area contributed by atoms with Crippen molar-refractivity contribution < 1.29 is 0 Å². The quantitative estimate of drug-likeness (QED) is 0.242. The molecule has 8 heteroatoms. The second-order valence-electron chi connectivity index (χ2n) is 7.74. The zero-order chi connectivity index (χ0) is 21.2. The highest BCUT2D eigenvalue weighted by atomic mass is 127. The number of aromatic nitrogens is 3. The molecule has 0 radical (unpaired) electrons. The van der Waals surface area contributed by atoms with Crippen molar-refractivity contribution in [2.75, 3.05) is 39.3 Å². The van der Waals surface area contributed by atoms with Crippen molar-refractivity contribution in [1.29, 1.82) is 0 Å². The van der Waals surface area contributed by atoms with Crippen LogP contribution in [0.5, 0.6) is 0 Å². The molecule has 0 atom stereocenters. The third-order valence-corrected chi connectivity index (χ3v) is 5.51. The van der Waals surface area contributed by atoms with Crippen molar-refractivity contribution >= 4 is 36.0 Å². The van der Waals surface area contributed by atoms with Gasteiger partial charge in [-0.3, -0.25) is 4.90 Å². The van der Waals surface area contributed by atoms with Crippen LogP contribution in [0.1, 0.15) is 37.0 Å². The summed E-state index contributed by atoms with van der Waals surface area (Å²) in [5.41, 5.74) is 1.25. The molecule has 170 valence electrons. The van der Waals surface area contributed by atoms with E-state index in [-0.39, 0.29) is 24.0 Å². The number of rotatable bonds is 8. The summed E-state index contributed by atoms with van der Waals surface area (Å²) >= 11 is 0. The molecule has 1 aliphatic rings. The van der Waals surface area contributed by atoms with Crippen LogP contribution < -0.4 is 5.32 Å². The number of aryl methyl sites for hydroxylation is 1. The molecule has 2 aromatic rings. The van der Waals surface area contributed by atoms with Gasteiger partial charge in [0, 0.05) is 46.3 Å². The fourth-order valence-electron chi connectivity index (χ4n) is 3.42. The number of unbranched alkanes of at least 4 members (excludes halogenated alkanes) is 1. The van der Waals surface area contributed by atoms with Gasteiger partial charge in [0.25, 0.3) is 0 Å². The summed E-state index contributed by atoms with van der Waals surface area (Å²) in [5.74, 6) is 2.80. The van der Waals surface area contributed by atoms with Crippen LogP contribution in [0.4, 0.5) is 0 Å². The van der Waals surface area contributed by atoms with Gasteiger partial charge >= 0.3 is 0 Å². The van der Waals surface area contributed by atoms with E-state index in [1.54, 1.807) is 0 Å². The van der Waals surface area contributed by atoms with E-state index >= 15 is 0 Å². The molecule has 0 spiro atoms. The normalized spacial score (nSPS) is 15.3. The van der Waals surface area contributed by atoms with E-state index in [9.17, 15) is 0 Å². The van der Waals surface area contributed by atoms with Crippen molar-refractivity contribution in [3.63, 3.8) is 0 Å². The Morgan fingerprint density at radius 3 is 2.52 bits per heavy atom. The molecule has 0 amide bonds. The molecule has 0 aliphatic carbocycles. The number of aliphatic imine (C=N–C) groups is 1. The predicted octanol–water partition coefficient (Wildman–Crippen LogP) is 3.32. The van der Waals surface area contributed by atoms with Crippen molar-refractivity contribution in [3.8, 4) is 0 Å². The summed E-state index contributed by atoms with van der Waals surface area (Å²) in [6, 6.07) is 10.5. The maximum absolute atomic E-state index is 4.87. The number of halogens is 1. The van der Waals surface area contributed by atoms with Gasteiger partial charge in [-0.05, 0) is 18.9 Å². The number of benzene rings is 1. The molecule has 2 heterocycles. The van der Waals surface area contributed by atoms with E-state index in [0.717, 1.165) is 63.3 Å². The summed E-state index contributed by atoms with van der Waals surface area (Å²) in [7, 11) is 1.99. The van der Waals surface area contributed by atoms with E-state index in [4.69, 9.17) is 4.99 Å². The molecule has 1 fully saturated rings. The monoisotopic (exact) mass is 537 g/mol. The summed E-state index contributed by atoms with van der Waals surface area (Å²) in [4.78, 5) is 9.73. The zero-order valence-corrected chi connectivity index (χ0v) is 21.3. The standard InChI is InChI=1S/C23H35N7.HI/c1-4-5-13-24-23(25-19-22-27-26-20(2)28(22)3)30-17-15-29(16-18-30)14-9-12-21-10-7-6-8-11-21;/h6-12H,4-5,13-19H2,1-3H3,(H,24,25);1H/b12-9+;. The van der Waals surface area contributed by atoms with Crippen molar-refractivity contribution in [3.05, 3.63) is 53.6 Å². The summed E-state index contributed by atoms with van der Waals surface area (Å²) in [5, 5.41) is 11.9. The Hall–Kier alpha value is -1.94. The van der Waals surface area contributed by atoms with E-state index in [0.29, 0.717) is 6.54 Å². The van der Waals surface area contributed by atoms with Crippen LogP contribution in [0.3, 0.4) is 0 Å². The number of piperazine rings is 1. The number of nitrogens with one attached hydrogen (secondary N) is 1. The van der Waals surface area contributed by atoms with E-state index in [1.165, 1.54) is 12.0 Å². The molecule has 0 unspecified atom stereocenters. The second-order valence-corrected chi connectivity index (χ2v) is 7.74. The average molecular weight is 537 g/mol. The number of guanidine groups is 1. The fourth-order valence-corrected chi connectivity index (χ4v) is 3.42. The van der Waals surface area contributed by atoms with Crippen LogP contribution in [-0.4, -0.2) is 69.8 Å². The van der Waals surface area contributed by atoms with Gasteiger partial charge in [-0.15, -0.1) is 34.2 Å². The lowest BCUT2D eigenvalue weighted by Crippen LogP contribution is -2.52. The molecule has 1 saturated heterocycles. The first-order valence-corrected chi connectivity index (χ1v) is 11.0. The molecule has 0 saturated carbocycles. The van der Waals surface area contributed by atoms with Gasteiger partial charge in [0.05, 0.1) is 0 Å². The Labute approximate surface area is 203 Å². The molecular formula is C23H36IN7. The predicted molar refractivity (Wildman–Crippen MR) is 139 cm³/mol. The van der Waals surface area contributed by atoms with Gasteiger partial charge in [-0.25, -0.2) is 4.99 Å². The molecule has 1 N–H and O–H groups in total. The minimum Gasteiger partial charge on any atom is -0.356 e. The first-order chi connectivity index (χ1) is 14.7. The van der Waals surface area contributed by atoms with E-state index in [1.807, 2.05) is 18.5 Å². The Balaban J connectivity index is 0.00000341. The molecule has 31 heavy (non-hydrogen) atoms. The summed E-state index contributed by atoms with van der Waals surface area (Å²) in [6.45, 7) is 10.7. The molecule has 3 rings (SSSR count). The van der Waals surface area contributed by atoms with Crippen LogP contribution in [0.25, 0.3) is 6.08 Å². The third-order valence-electron chi connectivity index (χ3n) is 5.51. The summed E-state index contributed by atoms with van der Waals surface area (Å²) < 4.78 is 2.00. The number of nitrogens with zero attached hydrogens (tertiary/aromatic N) is 6. The molecule has 1 aromatic carbocycles. The first kappa shape index (κ1) is 25.3. The lowest BCUT2D eigenvalue weighted by Gasteiger charge is -2.36. The van der Waals surface area contributed by atoms with Crippen molar-refractivity contribution in [1.82, 2.24) is 29.9 Å². The highest BCUT2D eigenvalue weighted by molar-refractivity contribution is 14.0. The minimum atomic E-state index is 0. The van der Waals surface area contributed by atoms with Crippen LogP contribution in [0, 0.1) is 6.92 Å². The Kier molecular flexibility index (Phi) is 11.0. The topological polar surface area (TPSA) is 61.6 Å². The Bertz CT molecular complexity index is 824. The van der Waals surface area contributed by atoms with E-state index in [2.05, 4.69) is 74.7 Å². The lowest BCUT2D eigenvalue weighted by atomic mass is 10.2. The molecule has 1 aliphatic heterocycles. The highest BCUT2D eigenvalue weighted by Gasteiger charge is 2.19. The largest absolute Gasteiger partial charge is 0.356 e. The maximum Gasteiger partial charge on any atom is 0.194 e. The van der Waals surface area contributed by atoms with Gasteiger partial charge in [-0.2, -0.15) is 0 Å². The highest BCUT2D eigenvalue weighted by Crippen LogP contribution is 2.06. The molecule has 7 nitrogen and oxygen atoms in total.